The summed E-state index contributed by atoms with van der Waals surface area (Å²) >= 11 is 0. The van der Waals surface area contributed by atoms with Gasteiger partial charge in [0, 0.05) is 24.7 Å². The third-order valence-electron chi connectivity index (χ3n) is 4.08. The van der Waals surface area contributed by atoms with Gasteiger partial charge in [0.2, 0.25) is 0 Å². The number of aliphatic hydroxyl groups excluding tert-OH is 1. The molecule has 0 atom stereocenters. The Labute approximate surface area is 128 Å². The number of para-hydroxylation sites is 1. The monoisotopic (exact) mass is 295 g/mol. The minimum absolute atomic E-state index is 0.187. The highest BCUT2D eigenvalue weighted by Crippen LogP contribution is 2.27. The molecule has 0 saturated carbocycles. The van der Waals surface area contributed by atoms with Crippen molar-refractivity contribution < 1.29 is 9.52 Å². The van der Waals surface area contributed by atoms with Crippen LogP contribution in [0.1, 0.15) is 12.8 Å². The highest BCUT2D eigenvalue weighted by Gasteiger charge is 2.19. The zero-order valence-corrected chi connectivity index (χ0v) is 12.1. The summed E-state index contributed by atoms with van der Waals surface area (Å²) in [4.78, 5) is 11.1. The van der Waals surface area contributed by atoms with E-state index in [0.29, 0.717) is 11.6 Å². The summed E-state index contributed by atoms with van der Waals surface area (Å²) in [6.45, 7) is 1.63. The fraction of sp³-hybridized carbons (Fsp3) is 0.294. The first kappa shape index (κ1) is 13.3. The summed E-state index contributed by atoms with van der Waals surface area (Å²) in [6, 6.07) is 11.8. The van der Waals surface area contributed by atoms with Gasteiger partial charge in [-0.15, -0.1) is 0 Å². The fourth-order valence-electron chi connectivity index (χ4n) is 2.83. The van der Waals surface area contributed by atoms with E-state index in [-0.39, 0.29) is 6.10 Å². The first-order chi connectivity index (χ1) is 10.8. The van der Waals surface area contributed by atoms with Gasteiger partial charge in [0.15, 0.2) is 11.6 Å². The molecule has 3 heterocycles. The van der Waals surface area contributed by atoms with E-state index in [1.165, 1.54) is 0 Å². The van der Waals surface area contributed by atoms with Gasteiger partial charge in [0.05, 0.1) is 6.10 Å². The number of aromatic nitrogens is 2. The maximum atomic E-state index is 9.61. The molecular weight excluding hydrogens is 278 g/mol. The van der Waals surface area contributed by atoms with Crippen molar-refractivity contribution in [2.75, 3.05) is 18.0 Å². The lowest BCUT2D eigenvalue weighted by Gasteiger charge is -2.30. The molecule has 0 radical (unpaired) electrons. The van der Waals surface area contributed by atoms with Crippen molar-refractivity contribution >= 4 is 16.8 Å². The van der Waals surface area contributed by atoms with Crippen LogP contribution < -0.4 is 4.90 Å². The normalized spacial score (nSPS) is 16.3. The summed E-state index contributed by atoms with van der Waals surface area (Å²) < 4.78 is 5.83. The molecule has 0 aliphatic carbocycles. The zero-order chi connectivity index (χ0) is 14.9. The molecule has 5 heteroatoms. The molecule has 0 bridgehead atoms. The van der Waals surface area contributed by atoms with Crippen LogP contribution in [0.2, 0.25) is 0 Å². The highest BCUT2D eigenvalue weighted by atomic mass is 16.3. The Morgan fingerprint density at radius 2 is 1.95 bits per heavy atom. The lowest BCUT2D eigenvalue weighted by Crippen LogP contribution is -2.36. The lowest BCUT2D eigenvalue weighted by atomic mass is 10.1. The Bertz CT molecular complexity index is 758. The largest absolute Gasteiger partial charge is 0.453 e. The number of furan rings is 1. The number of hydrogen-bond donors (Lipinski definition) is 1. The molecule has 2 aromatic heterocycles. The molecular formula is C17H17N3O2. The molecule has 1 aromatic carbocycles. The van der Waals surface area contributed by atoms with E-state index in [1.807, 2.05) is 36.4 Å². The van der Waals surface area contributed by atoms with E-state index in [0.717, 1.165) is 42.7 Å². The highest BCUT2D eigenvalue weighted by molar-refractivity contribution is 5.81. The van der Waals surface area contributed by atoms with Crippen molar-refractivity contribution in [3.8, 4) is 11.6 Å². The van der Waals surface area contributed by atoms with Crippen molar-refractivity contribution in [1.29, 1.82) is 0 Å². The average molecular weight is 295 g/mol. The molecule has 5 nitrogen and oxygen atoms in total. The topological polar surface area (TPSA) is 62.4 Å². The number of fused-ring (bicyclic) bond motifs is 1. The van der Waals surface area contributed by atoms with Gasteiger partial charge in [-0.05, 0) is 31.0 Å². The summed E-state index contributed by atoms with van der Waals surface area (Å²) in [6.07, 6.45) is 3.14. The second-order valence-electron chi connectivity index (χ2n) is 5.61. The van der Waals surface area contributed by atoms with Crippen LogP contribution in [-0.4, -0.2) is 34.3 Å². The number of anilines is 1. The number of aliphatic hydroxyl groups is 1. The first-order valence-electron chi connectivity index (χ1n) is 7.54. The molecule has 1 aliphatic rings. The van der Waals surface area contributed by atoms with Gasteiger partial charge < -0.3 is 14.4 Å². The smallest absolute Gasteiger partial charge is 0.197 e. The Kier molecular flexibility index (Phi) is 3.27. The molecule has 0 spiro atoms. The van der Waals surface area contributed by atoms with E-state index in [2.05, 4.69) is 14.9 Å². The van der Waals surface area contributed by atoms with Gasteiger partial charge in [-0.3, -0.25) is 0 Å². The number of benzene rings is 1. The van der Waals surface area contributed by atoms with Gasteiger partial charge >= 0.3 is 0 Å². The average Bonchev–Trinajstić information content (AvgIpc) is 3.00. The van der Waals surface area contributed by atoms with E-state index >= 15 is 0 Å². The third kappa shape index (κ3) is 2.44. The molecule has 0 unspecified atom stereocenters. The van der Waals surface area contributed by atoms with Crippen molar-refractivity contribution in [2.24, 2.45) is 0 Å². The van der Waals surface area contributed by atoms with Crippen molar-refractivity contribution in [2.45, 2.75) is 18.9 Å². The molecule has 1 fully saturated rings. The minimum atomic E-state index is -0.187. The Morgan fingerprint density at radius 3 is 2.77 bits per heavy atom. The molecule has 1 saturated heterocycles. The summed E-state index contributed by atoms with van der Waals surface area (Å²) in [5.41, 5.74) is 0.840. The Morgan fingerprint density at radius 1 is 1.14 bits per heavy atom. The predicted octanol–water partition coefficient (Wildman–Crippen LogP) is 2.85. The number of piperidine rings is 1. The molecule has 22 heavy (non-hydrogen) atoms. The maximum absolute atomic E-state index is 9.61. The Hall–Kier alpha value is -2.40. The molecule has 3 aromatic rings. The Balaban J connectivity index is 1.66. The van der Waals surface area contributed by atoms with Crippen LogP contribution in [0.25, 0.3) is 22.6 Å². The van der Waals surface area contributed by atoms with Gasteiger partial charge in [-0.1, -0.05) is 18.2 Å². The quantitative estimate of drug-likeness (QED) is 0.787. The molecule has 0 amide bonds. The third-order valence-corrected chi connectivity index (χ3v) is 4.08. The molecule has 4 rings (SSSR count). The second-order valence-corrected chi connectivity index (χ2v) is 5.61. The molecule has 1 N–H and O–H groups in total. The number of nitrogens with zero attached hydrogens (tertiary/aromatic N) is 3. The summed E-state index contributed by atoms with van der Waals surface area (Å²) in [7, 11) is 0. The van der Waals surface area contributed by atoms with Crippen LogP contribution in [0.3, 0.4) is 0 Å². The maximum Gasteiger partial charge on any atom is 0.197 e. The van der Waals surface area contributed by atoms with Crippen LogP contribution in [0.4, 0.5) is 5.82 Å². The van der Waals surface area contributed by atoms with Gasteiger partial charge in [-0.25, -0.2) is 9.97 Å². The van der Waals surface area contributed by atoms with Crippen molar-refractivity contribution in [1.82, 2.24) is 9.97 Å². The van der Waals surface area contributed by atoms with E-state index in [1.54, 1.807) is 6.20 Å². The summed E-state index contributed by atoms with van der Waals surface area (Å²) in [5.74, 6) is 2.16. The van der Waals surface area contributed by atoms with E-state index in [9.17, 15) is 5.11 Å². The van der Waals surface area contributed by atoms with Crippen LogP contribution in [0.15, 0.2) is 47.0 Å². The molecule has 112 valence electrons. The van der Waals surface area contributed by atoms with Crippen LogP contribution >= 0.6 is 0 Å². The van der Waals surface area contributed by atoms with E-state index in [4.69, 9.17) is 4.42 Å². The zero-order valence-electron chi connectivity index (χ0n) is 12.1. The second kappa shape index (κ2) is 5.42. The minimum Gasteiger partial charge on any atom is -0.453 e. The summed E-state index contributed by atoms with van der Waals surface area (Å²) in [5, 5.41) is 10.7. The van der Waals surface area contributed by atoms with Crippen LogP contribution in [0, 0.1) is 0 Å². The van der Waals surface area contributed by atoms with E-state index < -0.39 is 0 Å². The number of hydrogen-bond acceptors (Lipinski definition) is 5. The predicted molar refractivity (Wildman–Crippen MR) is 84.7 cm³/mol. The fourth-order valence-corrected chi connectivity index (χ4v) is 2.83. The standard InChI is InChI=1S/C17H17N3O2/c21-13-6-9-20(10-7-13)16-5-8-18-17(19-16)15-11-12-3-1-2-4-14(12)22-15/h1-5,8,11,13,21H,6-7,9-10H2. The van der Waals surface area contributed by atoms with Gasteiger partial charge in [-0.2, -0.15) is 0 Å². The SMILES string of the molecule is OC1CCN(c2ccnc(-c3cc4ccccc4o3)n2)CC1. The van der Waals surface area contributed by atoms with Gasteiger partial charge in [0.1, 0.15) is 11.4 Å². The lowest BCUT2D eigenvalue weighted by molar-refractivity contribution is 0.145. The number of rotatable bonds is 2. The van der Waals surface area contributed by atoms with Crippen LogP contribution in [-0.2, 0) is 0 Å². The van der Waals surface area contributed by atoms with Crippen molar-refractivity contribution in [3.63, 3.8) is 0 Å². The first-order valence-corrected chi connectivity index (χ1v) is 7.54. The van der Waals surface area contributed by atoms with Crippen LogP contribution in [0.5, 0.6) is 0 Å². The van der Waals surface area contributed by atoms with Crippen molar-refractivity contribution in [3.05, 3.63) is 42.6 Å². The van der Waals surface area contributed by atoms with Gasteiger partial charge in [0.25, 0.3) is 0 Å². The molecule has 1 aliphatic heterocycles.